The Balaban J connectivity index is 3.06. The molecule has 0 unspecified atom stereocenters. The molecule has 0 radical (unpaired) electrons. The molecular weight excluding hydrogens is 264 g/mol. The van der Waals surface area contributed by atoms with Crippen molar-refractivity contribution in [3.8, 4) is 6.07 Å². The normalized spacial score (nSPS) is 10.6. The highest BCUT2D eigenvalue weighted by molar-refractivity contribution is 7.99. The Kier molecular flexibility index (Phi) is 7.54. The fraction of sp³-hybridized carbons (Fsp3) is 0.588. The third kappa shape index (κ3) is 4.45. The second-order valence-electron chi connectivity index (χ2n) is 5.19. The quantitative estimate of drug-likeness (QED) is 0.494. The predicted molar refractivity (Wildman–Crippen MR) is 89.6 cm³/mol. The van der Waals surface area contributed by atoms with Gasteiger partial charge in [0.05, 0.1) is 11.3 Å². The summed E-state index contributed by atoms with van der Waals surface area (Å²) in [6.45, 7) is 9.78. The minimum atomic E-state index is 0.417. The second kappa shape index (κ2) is 8.92. The molecule has 2 nitrogen and oxygen atoms in total. The van der Waals surface area contributed by atoms with E-state index in [4.69, 9.17) is 0 Å². The zero-order valence-corrected chi connectivity index (χ0v) is 14.0. The van der Waals surface area contributed by atoms with Gasteiger partial charge in [0.15, 0.2) is 0 Å². The molecule has 0 fully saturated rings. The van der Waals surface area contributed by atoms with Gasteiger partial charge in [-0.3, -0.25) is 0 Å². The molecule has 1 rings (SSSR count). The number of unbranched alkanes of at least 4 members (excludes halogenated alkanes) is 2. The molecular formula is C17H26N2S. The van der Waals surface area contributed by atoms with Gasteiger partial charge in [-0.15, -0.1) is 11.8 Å². The molecule has 3 heteroatoms. The van der Waals surface area contributed by atoms with E-state index in [0.29, 0.717) is 6.04 Å². The number of hydrogen-bond acceptors (Lipinski definition) is 3. The van der Waals surface area contributed by atoms with E-state index < -0.39 is 0 Å². The smallest absolute Gasteiger partial charge is 0.103 e. The summed E-state index contributed by atoms with van der Waals surface area (Å²) in [7, 11) is 0. The van der Waals surface area contributed by atoms with Crippen molar-refractivity contribution in [3.63, 3.8) is 0 Å². The van der Waals surface area contributed by atoms with Crippen LogP contribution in [0.1, 0.15) is 52.5 Å². The van der Waals surface area contributed by atoms with Gasteiger partial charge < -0.3 is 4.90 Å². The van der Waals surface area contributed by atoms with Crippen LogP contribution in [0.5, 0.6) is 0 Å². The molecule has 0 saturated carbocycles. The highest BCUT2D eigenvalue weighted by Gasteiger charge is 2.16. The molecule has 0 aliphatic carbocycles. The van der Waals surface area contributed by atoms with Crippen LogP contribution >= 0.6 is 11.8 Å². The molecule has 0 aromatic heterocycles. The Morgan fingerprint density at radius 3 is 2.55 bits per heavy atom. The summed E-state index contributed by atoms with van der Waals surface area (Å²) in [5, 5.41) is 9.54. The number of rotatable bonds is 8. The third-order valence-electron chi connectivity index (χ3n) is 3.35. The largest absolute Gasteiger partial charge is 0.368 e. The van der Waals surface area contributed by atoms with Crippen molar-refractivity contribution in [1.29, 1.82) is 5.26 Å². The van der Waals surface area contributed by atoms with Crippen LogP contribution in [0.15, 0.2) is 23.1 Å². The van der Waals surface area contributed by atoms with Crippen LogP contribution < -0.4 is 4.90 Å². The lowest BCUT2D eigenvalue weighted by Crippen LogP contribution is -2.32. The molecule has 1 aromatic carbocycles. The topological polar surface area (TPSA) is 27.0 Å². The molecule has 0 spiro atoms. The van der Waals surface area contributed by atoms with Crippen molar-refractivity contribution in [2.24, 2.45) is 0 Å². The molecule has 20 heavy (non-hydrogen) atoms. The van der Waals surface area contributed by atoms with Crippen LogP contribution in [-0.2, 0) is 0 Å². The van der Waals surface area contributed by atoms with E-state index in [9.17, 15) is 5.26 Å². The van der Waals surface area contributed by atoms with Crippen molar-refractivity contribution < 1.29 is 0 Å². The average Bonchev–Trinajstić information content (AvgIpc) is 2.43. The first-order valence-electron chi connectivity index (χ1n) is 7.58. The van der Waals surface area contributed by atoms with Crippen molar-refractivity contribution in [2.45, 2.75) is 57.9 Å². The summed E-state index contributed by atoms with van der Waals surface area (Å²) in [6.07, 6.45) is 3.65. The summed E-state index contributed by atoms with van der Waals surface area (Å²) < 4.78 is 0. The fourth-order valence-electron chi connectivity index (χ4n) is 2.34. The molecule has 1 aromatic rings. The number of anilines is 1. The maximum atomic E-state index is 9.54. The van der Waals surface area contributed by atoms with Crippen molar-refractivity contribution in [3.05, 3.63) is 23.8 Å². The lowest BCUT2D eigenvalue weighted by Gasteiger charge is -2.30. The van der Waals surface area contributed by atoms with Gasteiger partial charge in [-0.25, -0.2) is 0 Å². The molecule has 0 amide bonds. The minimum Gasteiger partial charge on any atom is -0.368 e. The Labute approximate surface area is 128 Å². The van der Waals surface area contributed by atoms with Crippen LogP contribution in [-0.4, -0.2) is 18.3 Å². The summed E-state index contributed by atoms with van der Waals surface area (Å²) in [5.74, 6) is 0.996. The second-order valence-corrected chi connectivity index (χ2v) is 6.50. The highest BCUT2D eigenvalue weighted by atomic mass is 32.2. The van der Waals surface area contributed by atoms with Crippen molar-refractivity contribution >= 4 is 17.4 Å². The maximum Gasteiger partial charge on any atom is 0.103 e. The lowest BCUT2D eigenvalue weighted by atomic mass is 10.1. The molecule has 0 atom stereocenters. The van der Waals surface area contributed by atoms with Crippen LogP contribution in [0.2, 0.25) is 0 Å². The minimum absolute atomic E-state index is 0.417. The van der Waals surface area contributed by atoms with Crippen molar-refractivity contribution in [1.82, 2.24) is 0 Å². The van der Waals surface area contributed by atoms with Gasteiger partial charge >= 0.3 is 0 Å². The van der Waals surface area contributed by atoms with Gasteiger partial charge in [-0.1, -0.05) is 32.8 Å². The molecule has 0 aliphatic rings. The van der Waals surface area contributed by atoms with Gasteiger partial charge in [0, 0.05) is 17.5 Å². The third-order valence-corrected chi connectivity index (χ3v) is 4.29. The Bertz CT molecular complexity index is 449. The van der Waals surface area contributed by atoms with E-state index in [1.807, 2.05) is 0 Å². The van der Waals surface area contributed by atoms with Gasteiger partial charge in [-0.05, 0) is 38.2 Å². The Morgan fingerprint density at radius 2 is 2.00 bits per heavy atom. The SMILES string of the molecule is CCCCCN(c1cccc(SCC)c1C#N)C(C)C. The predicted octanol–water partition coefficient (Wildman–Crippen LogP) is 5.08. The molecule has 0 heterocycles. The Hall–Kier alpha value is -1.14. The monoisotopic (exact) mass is 290 g/mol. The first-order chi connectivity index (χ1) is 9.65. The zero-order chi connectivity index (χ0) is 15.0. The maximum absolute atomic E-state index is 9.54. The van der Waals surface area contributed by atoms with Crippen LogP contribution in [0.3, 0.4) is 0 Å². The molecule has 0 N–H and O–H groups in total. The number of thioether (sulfide) groups is 1. The molecule has 0 bridgehead atoms. The standard InChI is InChI=1S/C17H26N2S/c1-5-7-8-12-19(14(3)4)16-10-9-11-17(20-6-2)15(16)13-18/h9-11,14H,5-8,12H2,1-4H3. The Morgan fingerprint density at radius 1 is 1.25 bits per heavy atom. The van der Waals surface area contributed by atoms with E-state index in [1.54, 1.807) is 11.8 Å². The van der Waals surface area contributed by atoms with Gasteiger partial charge in [0.25, 0.3) is 0 Å². The van der Waals surface area contributed by atoms with Gasteiger partial charge in [0.1, 0.15) is 6.07 Å². The van der Waals surface area contributed by atoms with Gasteiger partial charge in [0.2, 0.25) is 0 Å². The van der Waals surface area contributed by atoms with E-state index in [1.165, 1.54) is 19.3 Å². The van der Waals surface area contributed by atoms with E-state index >= 15 is 0 Å². The number of hydrogen-bond donors (Lipinski definition) is 0. The van der Waals surface area contributed by atoms with Crippen LogP contribution in [0.4, 0.5) is 5.69 Å². The number of benzene rings is 1. The van der Waals surface area contributed by atoms with E-state index in [-0.39, 0.29) is 0 Å². The molecule has 110 valence electrons. The van der Waals surface area contributed by atoms with Crippen LogP contribution in [0, 0.1) is 11.3 Å². The first-order valence-corrected chi connectivity index (χ1v) is 8.56. The lowest BCUT2D eigenvalue weighted by molar-refractivity contribution is 0.625. The highest BCUT2D eigenvalue weighted by Crippen LogP contribution is 2.31. The van der Waals surface area contributed by atoms with Crippen LogP contribution in [0.25, 0.3) is 0 Å². The number of nitrogens with zero attached hydrogens (tertiary/aromatic N) is 2. The zero-order valence-electron chi connectivity index (χ0n) is 13.1. The molecule has 0 saturated heterocycles. The summed E-state index contributed by atoms with van der Waals surface area (Å²) in [5.41, 5.74) is 1.93. The van der Waals surface area contributed by atoms with E-state index in [0.717, 1.165) is 28.4 Å². The first kappa shape index (κ1) is 16.9. The van der Waals surface area contributed by atoms with Gasteiger partial charge in [-0.2, -0.15) is 5.26 Å². The van der Waals surface area contributed by atoms with Crippen molar-refractivity contribution in [2.75, 3.05) is 17.2 Å². The molecule has 0 aliphatic heterocycles. The van der Waals surface area contributed by atoms with E-state index in [2.05, 4.69) is 56.9 Å². The summed E-state index contributed by atoms with van der Waals surface area (Å²) in [4.78, 5) is 3.47. The fourth-order valence-corrected chi connectivity index (χ4v) is 3.12. The average molecular weight is 290 g/mol. The number of nitriles is 1. The summed E-state index contributed by atoms with van der Waals surface area (Å²) >= 11 is 1.75. The summed E-state index contributed by atoms with van der Waals surface area (Å²) in [6, 6.07) is 9.05.